The molecule has 0 unspecified atom stereocenters. The summed E-state index contributed by atoms with van der Waals surface area (Å²) in [6, 6.07) is 13.4. The lowest BCUT2D eigenvalue weighted by atomic mass is 10.1. The second-order valence-corrected chi connectivity index (χ2v) is 7.45. The predicted molar refractivity (Wildman–Crippen MR) is 114 cm³/mol. The summed E-state index contributed by atoms with van der Waals surface area (Å²) in [4.78, 5) is 29.4. The molecule has 1 heterocycles. The van der Waals surface area contributed by atoms with Crippen LogP contribution < -0.4 is 10.6 Å². The summed E-state index contributed by atoms with van der Waals surface area (Å²) >= 11 is 0. The van der Waals surface area contributed by atoms with Gasteiger partial charge in [-0.2, -0.15) is 0 Å². The highest BCUT2D eigenvalue weighted by atomic mass is 16.2. The Labute approximate surface area is 165 Å². The number of hydrogen-bond donors (Lipinski definition) is 2. The molecule has 0 atom stereocenters. The number of fused-ring (bicyclic) bond motifs is 1. The lowest BCUT2D eigenvalue weighted by Crippen LogP contribution is -2.18. The number of nitrogens with one attached hydrogen (secondary N) is 2. The highest BCUT2D eigenvalue weighted by Gasteiger charge is 2.14. The van der Waals surface area contributed by atoms with Crippen LogP contribution >= 0.6 is 0 Å². The topological polar surface area (TPSA) is 71.1 Å². The van der Waals surface area contributed by atoms with E-state index in [9.17, 15) is 9.59 Å². The number of amides is 2. The highest BCUT2D eigenvalue weighted by Crippen LogP contribution is 2.23. The fourth-order valence-electron chi connectivity index (χ4n) is 2.93. The van der Waals surface area contributed by atoms with Crippen molar-refractivity contribution in [1.82, 2.24) is 4.98 Å². The molecule has 0 aliphatic carbocycles. The number of aromatic nitrogens is 1. The van der Waals surface area contributed by atoms with Crippen LogP contribution in [-0.2, 0) is 4.79 Å². The lowest BCUT2D eigenvalue weighted by molar-refractivity contribution is -0.118. The Morgan fingerprint density at radius 2 is 1.68 bits per heavy atom. The van der Waals surface area contributed by atoms with Gasteiger partial charge in [0.25, 0.3) is 5.91 Å². The second-order valence-electron chi connectivity index (χ2n) is 7.45. The average molecular weight is 375 g/mol. The van der Waals surface area contributed by atoms with Gasteiger partial charge in [0.15, 0.2) is 0 Å². The van der Waals surface area contributed by atoms with Crippen molar-refractivity contribution in [3.05, 3.63) is 64.8 Å². The number of hydrogen-bond acceptors (Lipinski definition) is 3. The zero-order valence-electron chi connectivity index (χ0n) is 16.9. The van der Waals surface area contributed by atoms with Gasteiger partial charge in [-0.15, -0.1) is 0 Å². The summed E-state index contributed by atoms with van der Waals surface area (Å²) < 4.78 is 0. The first kappa shape index (κ1) is 19.5. The first-order valence-corrected chi connectivity index (χ1v) is 9.35. The van der Waals surface area contributed by atoms with E-state index < -0.39 is 0 Å². The molecular formula is C23H25N3O2. The van der Waals surface area contributed by atoms with Gasteiger partial charge in [-0.1, -0.05) is 31.5 Å². The summed E-state index contributed by atoms with van der Waals surface area (Å²) in [6.45, 7) is 9.44. The van der Waals surface area contributed by atoms with E-state index in [2.05, 4.69) is 15.6 Å². The number of aryl methyl sites for hydroxylation is 3. The lowest BCUT2D eigenvalue weighted by Gasteiger charge is -2.14. The van der Waals surface area contributed by atoms with Crippen LogP contribution in [0.1, 0.15) is 41.0 Å². The van der Waals surface area contributed by atoms with E-state index in [1.54, 1.807) is 6.07 Å². The van der Waals surface area contributed by atoms with Crippen molar-refractivity contribution in [3.8, 4) is 0 Å². The summed E-state index contributed by atoms with van der Waals surface area (Å²) in [5.74, 6) is -0.399. The van der Waals surface area contributed by atoms with Crippen molar-refractivity contribution in [1.29, 1.82) is 0 Å². The third kappa shape index (κ3) is 4.19. The van der Waals surface area contributed by atoms with Crippen LogP contribution in [0.5, 0.6) is 0 Å². The maximum Gasteiger partial charge on any atom is 0.257 e. The third-order valence-corrected chi connectivity index (χ3v) is 4.68. The Bertz CT molecular complexity index is 1070. The highest BCUT2D eigenvalue weighted by molar-refractivity contribution is 6.07. The van der Waals surface area contributed by atoms with E-state index in [0.717, 1.165) is 22.0 Å². The number of pyridine rings is 1. The van der Waals surface area contributed by atoms with E-state index in [1.807, 2.05) is 71.0 Å². The van der Waals surface area contributed by atoms with Gasteiger partial charge in [0.2, 0.25) is 5.91 Å². The molecule has 2 amide bonds. The quantitative estimate of drug-likeness (QED) is 0.673. The molecule has 2 aromatic carbocycles. The minimum atomic E-state index is -0.219. The number of carbonyl (C=O) groups excluding carboxylic acids is 2. The van der Waals surface area contributed by atoms with Gasteiger partial charge >= 0.3 is 0 Å². The minimum absolute atomic E-state index is 0.0638. The van der Waals surface area contributed by atoms with E-state index >= 15 is 0 Å². The van der Waals surface area contributed by atoms with Crippen molar-refractivity contribution in [2.45, 2.75) is 34.6 Å². The molecule has 0 spiro atoms. The fraction of sp³-hybridized carbons (Fsp3) is 0.261. The van der Waals surface area contributed by atoms with Gasteiger partial charge < -0.3 is 10.6 Å². The van der Waals surface area contributed by atoms with Crippen molar-refractivity contribution in [3.63, 3.8) is 0 Å². The standard InChI is InChI=1S/C23H25N3O2/c1-13(2)22(27)25-18-8-7-15(4)21(12-18)26-23(28)19-11-17-10-14(3)6-9-20(17)24-16(19)5/h6-13H,1-5H3,(H,25,27)(H,26,28). The number of carbonyl (C=O) groups is 2. The van der Waals surface area contributed by atoms with Gasteiger partial charge in [-0.05, 0) is 56.7 Å². The predicted octanol–water partition coefficient (Wildman–Crippen LogP) is 5.01. The molecule has 0 saturated heterocycles. The summed E-state index contributed by atoms with van der Waals surface area (Å²) in [6.07, 6.45) is 0. The molecule has 3 rings (SSSR count). The van der Waals surface area contributed by atoms with Crippen LogP contribution in [0, 0.1) is 26.7 Å². The van der Waals surface area contributed by atoms with Gasteiger partial charge in [0, 0.05) is 22.7 Å². The third-order valence-electron chi connectivity index (χ3n) is 4.68. The van der Waals surface area contributed by atoms with Crippen LogP contribution in [0.15, 0.2) is 42.5 Å². The van der Waals surface area contributed by atoms with Gasteiger partial charge in [-0.3, -0.25) is 14.6 Å². The molecule has 0 radical (unpaired) electrons. The molecule has 0 aliphatic heterocycles. The van der Waals surface area contributed by atoms with E-state index in [1.165, 1.54) is 0 Å². The molecule has 0 fully saturated rings. The zero-order valence-corrected chi connectivity index (χ0v) is 16.9. The van der Waals surface area contributed by atoms with Crippen molar-refractivity contribution in [2.24, 2.45) is 5.92 Å². The largest absolute Gasteiger partial charge is 0.326 e. The first-order chi connectivity index (χ1) is 13.2. The smallest absolute Gasteiger partial charge is 0.257 e. The van der Waals surface area contributed by atoms with Crippen LogP contribution in [0.25, 0.3) is 10.9 Å². The number of anilines is 2. The van der Waals surface area contributed by atoms with Crippen LogP contribution in [0.3, 0.4) is 0 Å². The molecule has 3 aromatic rings. The molecule has 0 saturated carbocycles. The molecule has 5 nitrogen and oxygen atoms in total. The maximum absolute atomic E-state index is 12.9. The molecule has 2 N–H and O–H groups in total. The van der Waals surface area contributed by atoms with Crippen molar-refractivity contribution >= 4 is 34.1 Å². The average Bonchev–Trinajstić information content (AvgIpc) is 2.64. The molecule has 0 aliphatic rings. The van der Waals surface area contributed by atoms with E-state index in [-0.39, 0.29) is 17.7 Å². The number of rotatable bonds is 4. The van der Waals surface area contributed by atoms with Crippen LogP contribution in [0.4, 0.5) is 11.4 Å². The molecule has 0 bridgehead atoms. The zero-order chi connectivity index (χ0) is 20.4. The van der Waals surface area contributed by atoms with Crippen molar-refractivity contribution in [2.75, 3.05) is 10.6 Å². The minimum Gasteiger partial charge on any atom is -0.326 e. The fourth-order valence-corrected chi connectivity index (χ4v) is 2.93. The molecule has 144 valence electrons. The Morgan fingerprint density at radius 1 is 0.929 bits per heavy atom. The van der Waals surface area contributed by atoms with E-state index in [0.29, 0.717) is 22.6 Å². The van der Waals surface area contributed by atoms with Crippen LogP contribution in [0.2, 0.25) is 0 Å². The maximum atomic E-state index is 12.9. The Kier molecular flexibility index (Phi) is 5.45. The number of nitrogens with zero attached hydrogens (tertiary/aromatic N) is 1. The summed E-state index contributed by atoms with van der Waals surface area (Å²) in [5.41, 5.74) is 5.44. The summed E-state index contributed by atoms with van der Waals surface area (Å²) in [5, 5.41) is 6.76. The second kappa shape index (κ2) is 7.80. The normalized spacial score (nSPS) is 10.9. The number of benzene rings is 2. The van der Waals surface area contributed by atoms with Gasteiger partial charge in [-0.25, -0.2) is 0 Å². The monoisotopic (exact) mass is 375 g/mol. The van der Waals surface area contributed by atoms with Gasteiger partial charge in [0.05, 0.1) is 16.8 Å². The molecule has 1 aromatic heterocycles. The molecular weight excluding hydrogens is 350 g/mol. The first-order valence-electron chi connectivity index (χ1n) is 9.35. The van der Waals surface area contributed by atoms with Crippen LogP contribution in [-0.4, -0.2) is 16.8 Å². The van der Waals surface area contributed by atoms with Gasteiger partial charge in [0.1, 0.15) is 0 Å². The molecule has 5 heteroatoms. The molecule has 28 heavy (non-hydrogen) atoms. The Hall–Kier alpha value is -3.21. The summed E-state index contributed by atoms with van der Waals surface area (Å²) in [7, 11) is 0. The SMILES string of the molecule is Cc1ccc2nc(C)c(C(=O)Nc3cc(NC(=O)C(C)C)ccc3C)cc2c1. The van der Waals surface area contributed by atoms with Crippen molar-refractivity contribution < 1.29 is 9.59 Å². The Balaban J connectivity index is 1.89. The Morgan fingerprint density at radius 3 is 2.39 bits per heavy atom. The van der Waals surface area contributed by atoms with E-state index in [4.69, 9.17) is 0 Å².